The molecule has 30 heavy (non-hydrogen) atoms. The van der Waals surface area contributed by atoms with Crippen LogP contribution in [0.1, 0.15) is 37.4 Å². The summed E-state index contributed by atoms with van der Waals surface area (Å²) in [4.78, 5) is 43.0. The number of fused-ring (bicyclic) bond motifs is 1. The maximum absolute atomic E-state index is 13.5. The summed E-state index contributed by atoms with van der Waals surface area (Å²) in [7, 11) is -4.21. The molecule has 0 spiro atoms. The Labute approximate surface area is 175 Å². The van der Waals surface area contributed by atoms with Gasteiger partial charge in [0, 0.05) is 19.4 Å². The Morgan fingerprint density at radius 3 is 2.40 bits per heavy atom. The minimum atomic E-state index is -4.21. The van der Waals surface area contributed by atoms with Gasteiger partial charge in [0.2, 0.25) is 17.8 Å². The molecule has 3 amide bonds. The van der Waals surface area contributed by atoms with Crippen LogP contribution in [-0.4, -0.2) is 40.1 Å². The first-order valence-corrected chi connectivity index (χ1v) is 10.9. The van der Waals surface area contributed by atoms with Gasteiger partial charge in [-0.25, -0.2) is 19.8 Å². The van der Waals surface area contributed by atoms with Crippen LogP contribution in [-0.2, 0) is 30.8 Å². The molecule has 0 radical (unpaired) electrons. The molecule has 0 aliphatic heterocycles. The van der Waals surface area contributed by atoms with Gasteiger partial charge < -0.3 is 5.32 Å². The number of imidazole rings is 1. The Balaban J connectivity index is 2.18. The molecule has 0 atom stereocenters. The number of hydrogen-bond acceptors (Lipinski definition) is 9. The maximum atomic E-state index is 13.5. The largest absolute Gasteiger partial charge is 0.302 e. The van der Waals surface area contributed by atoms with E-state index in [4.69, 9.17) is 5.84 Å². The van der Waals surface area contributed by atoms with Crippen molar-refractivity contribution in [3.8, 4) is 0 Å². The smallest absolute Gasteiger partial charge is 0.282 e. The Morgan fingerprint density at radius 2 is 1.80 bits per heavy atom. The summed E-state index contributed by atoms with van der Waals surface area (Å²) in [6.45, 7) is 4.01. The molecule has 2 aromatic heterocycles. The molecule has 0 unspecified atom stereocenters. The van der Waals surface area contributed by atoms with Crippen molar-refractivity contribution in [1.29, 1.82) is 0 Å². The number of hydrogen-bond donors (Lipinski definition) is 4. The van der Waals surface area contributed by atoms with Crippen molar-refractivity contribution in [2.75, 3.05) is 10.6 Å². The molecule has 5 N–H and O–H groups in total. The minimum absolute atomic E-state index is 0.104. The number of carbonyl (C=O) groups is 3. The molecule has 160 valence electrons. The van der Waals surface area contributed by atoms with E-state index in [2.05, 4.69) is 20.6 Å². The zero-order valence-corrected chi connectivity index (χ0v) is 17.9. The number of aryl methyl sites for hydroxylation is 1. The lowest BCUT2D eigenvalue weighted by molar-refractivity contribution is -0.117. The SMILES string of the molecule is CC(=O)Nc1nc(C)c(S(=O)(=O)n2c(NC(C)=O)nc3c2CCC(C(=O)NN)=C3)s1. The fraction of sp³-hybridized carbons (Fsp3) is 0.312. The van der Waals surface area contributed by atoms with E-state index < -0.39 is 21.8 Å². The second kappa shape index (κ2) is 7.97. The zero-order valence-electron chi connectivity index (χ0n) is 16.3. The van der Waals surface area contributed by atoms with Gasteiger partial charge >= 0.3 is 0 Å². The molecular weight excluding hydrogens is 434 g/mol. The van der Waals surface area contributed by atoms with Gasteiger partial charge in [-0.1, -0.05) is 11.3 Å². The number of nitrogens with one attached hydrogen (secondary N) is 3. The lowest BCUT2D eigenvalue weighted by atomic mass is 10.00. The van der Waals surface area contributed by atoms with Crippen LogP contribution in [0.5, 0.6) is 0 Å². The first kappa shape index (κ1) is 21.6. The predicted molar refractivity (Wildman–Crippen MR) is 109 cm³/mol. The molecule has 0 fully saturated rings. The standard InChI is InChI=1S/C16H19N7O5S2/c1-7-14(29-16(18-7)20-9(3)25)30(27,28)23-12-5-4-10(13(26)22-17)6-11(12)21-15(23)19-8(2)24/h6H,4-5,17H2,1-3H3,(H,22,26)(H,18,20,25)(H,19,21,24). The number of thiazole rings is 1. The average Bonchev–Trinajstić information content (AvgIpc) is 3.19. The first-order chi connectivity index (χ1) is 14.0. The van der Waals surface area contributed by atoms with Gasteiger partial charge in [-0.05, 0) is 25.8 Å². The van der Waals surface area contributed by atoms with Crippen LogP contribution in [0.15, 0.2) is 9.78 Å². The number of nitrogens with zero attached hydrogens (tertiary/aromatic N) is 3. The van der Waals surface area contributed by atoms with Crippen LogP contribution in [0.4, 0.5) is 11.1 Å². The Kier molecular flexibility index (Phi) is 5.74. The maximum Gasteiger partial charge on any atom is 0.282 e. The molecule has 0 aromatic carbocycles. The van der Waals surface area contributed by atoms with Gasteiger partial charge in [-0.3, -0.25) is 25.1 Å². The van der Waals surface area contributed by atoms with E-state index in [1.165, 1.54) is 26.8 Å². The normalized spacial score (nSPS) is 13.3. The second-order valence-electron chi connectivity index (χ2n) is 6.43. The van der Waals surface area contributed by atoms with E-state index in [0.29, 0.717) is 11.3 Å². The number of nitrogens with two attached hydrogens (primary N) is 1. The molecule has 3 rings (SSSR count). The highest BCUT2D eigenvalue weighted by atomic mass is 32.2. The van der Waals surface area contributed by atoms with E-state index in [9.17, 15) is 22.8 Å². The highest BCUT2D eigenvalue weighted by Gasteiger charge is 2.33. The average molecular weight is 454 g/mol. The number of aromatic nitrogens is 3. The number of carbonyl (C=O) groups excluding carboxylic acids is 3. The molecule has 0 saturated carbocycles. The highest BCUT2D eigenvalue weighted by Crippen LogP contribution is 2.34. The van der Waals surface area contributed by atoms with Crippen molar-refractivity contribution >= 4 is 56.2 Å². The van der Waals surface area contributed by atoms with Gasteiger partial charge in [0.25, 0.3) is 15.9 Å². The number of amides is 3. The summed E-state index contributed by atoms with van der Waals surface area (Å²) < 4.78 is 27.8. The van der Waals surface area contributed by atoms with Gasteiger partial charge in [0.15, 0.2) is 9.34 Å². The first-order valence-electron chi connectivity index (χ1n) is 8.66. The fourth-order valence-corrected chi connectivity index (χ4v) is 5.97. The topological polar surface area (TPSA) is 178 Å². The van der Waals surface area contributed by atoms with Crippen LogP contribution in [0.3, 0.4) is 0 Å². The second-order valence-corrected chi connectivity index (χ2v) is 9.42. The van der Waals surface area contributed by atoms with Crippen LogP contribution >= 0.6 is 11.3 Å². The fourth-order valence-electron chi connectivity index (χ4n) is 2.97. The molecule has 1 aliphatic rings. The quantitative estimate of drug-likeness (QED) is 0.280. The van der Waals surface area contributed by atoms with E-state index in [0.717, 1.165) is 15.3 Å². The van der Waals surface area contributed by atoms with Crippen molar-refractivity contribution < 1.29 is 22.8 Å². The Bertz CT molecular complexity index is 1190. The molecule has 2 aromatic rings. The van der Waals surface area contributed by atoms with Gasteiger partial charge in [-0.15, -0.1) is 0 Å². The number of rotatable bonds is 5. The van der Waals surface area contributed by atoms with Gasteiger partial charge in [0.05, 0.1) is 17.1 Å². The third-order valence-corrected chi connectivity index (χ3v) is 7.51. The van der Waals surface area contributed by atoms with Crippen molar-refractivity contribution in [1.82, 2.24) is 19.4 Å². The van der Waals surface area contributed by atoms with Crippen molar-refractivity contribution in [3.63, 3.8) is 0 Å². The van der Waals surface area contributed by atoms with E-state index in [1.54, 1.807) is 0 Å². The van der Waals surface area contributed by atoms with Crippen molar-refractivity contribution in [2.24, 2.45) is 5.84 Å². The minimum Gasteiger partial charge on any atom is -0.302 e. The van der Waals surface area contributed by atoms with E-state index in [-0.39, 0.29) is 45.4 Å². The molecule has 12 nitrogen and oxygen atoms in total. The lowest BCUT2D eigenvalue weighted by Gasteiger charge is -2.15. The number of anilines is 2. The summed E-state index contributed by atoms with van der Waals surface area (Å²) in [6.07, 6.45) is 1.84. The van der Waals surface area contributed by atoms with Crippen molar-refractivity contribution in [3.05, 3.63) is 22.7 Å². The van der Waals surface area contributed by atoms with Crippen LogP contribution in [0, 0.1) is 6.92 Å². The third kappa shape index (κ3) is 3.96. The predicted octanol–water partition coefficient (Wildman–Crippen LogP) is 0.121. The molecule has 0 saturated heterocycles. The zero-order chi connectivity index (χ0) is 22.2. The summed E-state index contributed by atoms with van der Waals surface area (Å²) in [6, 6.07) is 0. The highest BCUT2D eigenvalue weighted by molar-refractivity contribution is 7.92. The van der Waals surface area contributed by atoms with E-state index >= 15 is 0 Å². The van der Waals surface area contributed by atoms with E-state index in [1.807, 2.05) is 5.43 Å². The molecular formula is C16H19N7O5S2. The number of hydrazine groups is 1. The van der Waals surface area contributed by atoms with Crippen molar-refractivity contribution in [2.45, 2.75) is 37.8 Å². The van der Waals surface area contributed by atoms with Gasteiger partial charge in [-0.2, -0.15) is 8.42 Å². The molecule has 14 heteroatoms. The summed E-state index contributed by atoms with van der Waals surface area (Å²) >= 11 is 0.792. The van der Waals surface area contributed by atoms with Crippen LogP contribution in [0.2, 0.25) is 0 Å². The summed E-state index contributed by atoms with van der Waals surface area (Å²) in [5, 5.41) is 5.01. The summed E-state index contributed by atoms with van der Waals surface area (Å²) in [5.41, 5.74) is 3.10. The molecule has 2 heterocycles. The Hall–Kier alpha value is -3.10. The summed E-state index contributed by atoms with van der Waals surface area (Å²) in [5.74, 6) is 3.56. The third-order valence-electron chi connectivity index (χ3n) is 4.12. The van der Waals surface area contributed by atoms with Crippen LogP contribution in [0.25, 0.3) is 6.08 Å². The monoisotopic (exact) mass is 453 g/mol. The lowest BCUT2D eigenvalue weighted by Crippen LogP contribution is -2.32. The Morgan fingerprint density at radius 1 is 1.13 bits per heavy atom. The van der Waals surface area contributed by atoms with Crippen LogP contribution < -0.4 is 21.9 Å². The van der Waals surface area contributed by atoms with Gasteiger partial charge in [0.1, 0.15) is 0 Å². The molecule has 0 bridgehead atoms. The molecule has 1 aliphatic carbocycles.